The van der Waals surface area contributed by atoms with Gasteiger partial charge in [-0.15, -0.1) is 23.5 Å². The van der Waals surface area contributed by atoms with Crippen LogP contribution in [0.4, 0.5) is 0 Å². The summed E-state index contributed by atoms with van der Waals surface area (Å²) in [4.78, 5) is 23.8. The van der Waals surface area contributed by atoms with Gasteiger partial charge in [0, 0.05) is 23.5 Å². The maximum absolute atomic E-state index is 12.2. The SMILES string of the molecule is CCC(=O)c1ccc(OCC(=O)Oc2ccc(C3SCCS3)cc2OC)cc1. The van der Waals surface area contributed by atoms with Gasteiger partial charge in [0.1, 0.15) is 5.75 Å². The molecule has 2 aromatic rings. The molecule has 1 saturated heterocycles. The van der Waals surface area contributed by atoms with Gasteiger partial charge < -0.3 is 14.2 Å². The average Bonchev–Trinajstić information content (AvgIpc) is 3.27. The first-order valence-electron chi connectivity index (χ1n) is 8.98. The normalized spacial score (nSPS) is 13.9. The van der Waals surface area contributed by atoms with E-state index in [9.17, 15) is 9.59 Å². The van der Waals surface area contributed by atoms with E-state index < -0.39 is 5.97 Å². The molecule has 1 fully saturated rings. The molecule has 0 atom stereocenters. The standard InChI is InChI=1S/C21H22O5S2/c1-3-17(22)14-4-7-16(8-5-14)25-13-20(23)26-18-9-6-15(12-19(18)24-2)21-27-10-11-28-21/h4-9,12,21H,3,10-11,13H2,1-2H3. The third-order valence-corrected chi connectivity index (χ3v) is 7.26. The van der Waals surface area contributed by atoms with Crippen molar-refractivity contribution in [3.8, 4) is 17.2 Å². The van der Waals surface area contributed by atoms with E-state index in [2.05, 4.69) is 0 Å². The second kappa shape index (κ2) is 9.89. The van der Waals surface area contributed by atoms with Gasteiger partial charge in [-0.1, -0.05) is 13.0 Å². The Morgan fingerprint density at radius 1 is 1.04 bits per heavy atom. The molecule has 1 heterocycles. The highest BCUT2D eigenvalue weighted by molar-refractivity contribution is 8.19. The van der Waals surface area contributed by atoms with E-state index in [1.807, 2.05) is 42.6 Å². The lowest BCUT2D eigenvalue weighted by Gasteiger charge is -2.14. The minimum absolute atomic E-state index is 0.0657. The van der Waals surface area contributed by atoms with Crippen molar-refractivity contribution in [1.29, 1.82) is 0 Å². The average molecular weight is 419 g/mol. The molecule has 0 unspecified atom stereocenters. The summed E-state index contributed by atoms with van der Waals surface area (Å²) in [5.74, 6) is 3.22. The van der Waals surface area contributed by atoms with Crippen molar-refractivity contribution in [2.45, 2.75) is 17.9 Å². The Bertz CT molecular complexity index is 829. The fraction of sp³-hybridized carbons (Fsp3) is 0.333. The monoisotopic (exact) mass is 418 g/mol. The molecule has 0 spiro atoms. The van der Waals surface area contributed by atoms with E-state index in [-0.39, 0.29) is 12.4 Å². The zero-order valence-electron chi connectivity index (χ0n) is 15.8. The van der Waals surface area contributed by atoms with Gasteiger partial charge in [-0.05, 0) is 42.0 Å². The lowest BCUT2D eigenvalue weighted by molar-refractivity contribution is -0.136. The third-order valence-electron chi connectivity index (χ3n) is 4.16. The molecule has 0 amide bonds. The number of Topliss-reactive ketones (excluding diaryl/α,β-unsaturated/α-hetero) is 1. The first-order valence-corrected chi connectivity index (χ1v) is 11.1. The highest BCUT2D eigenvalue weighted by Gasteiger charge is 2.20. The van der Waals surface area contributed by atoms with E-state index in [1.165, 1.54) is 0 Å². The number of ether oxygens (including phenoxy) is 3. The van der Waals surface area contributed by atoms with Crippen LogP contribution in [0.25, 0.3) is 0 Å². The largest absolute Gasteiger partial charge is 0.493 e. The Morgan fingerprint density at radius 2 is 1.75 bits per heavy atom. The molecule has 7 heteroatoms. The van der Waals surface area contributed by atoms with Crippen LogP contribution in [0.2, 0.25) is 0 Å². The van der Waals surface area contributed by atoms with Crippen LogP contribution in [0, 0.1) is 0 Å². The van der Waals surface area contributed by atoms with Crippen molar-refractivity contribution in [2.24, 2.45) is 0 Å². The number of carbonyl (C=O) groups excluding carboxylic acids is 2. The van der Waals surface area contributed by atoms with Crippen LogP contribution in [0.15, 0.2) is 42.5 Å². The Hall–Kier alpha value is -2.12. The summed E-state index contributed by atoms with van der Waals surface area (Å²) in [5.41, 5.74) is 1.78. The number of ketones is 1. The molecule has 1 aliphatic heterocycles. The van der Waals surface area contributed by atoms with Gasteiger partial charge in [-0.25, -0.2) is 4.79 Å². The van der Waals surface area contributed by atoms with E-state index in [0.717, 1.165) is 17.1 Å². The summed E-state index contributed by atoms with van der Waals surface area (Å²) in [6.45, 7) is 1.58. The van der Waals surface area contributed by atoms with Crippen molar-refractivity contribution < 1.29 is 23.8 Å². The van der Waals surface area contributed by atoms with Crippen molar-refractivity contribution in [2.75, 3.05) is 25.2 Å². The van der Waals surface area contributed by atoms with Crippen molar-refractivity contribution >= 4 is 35.3 Å². The first kappa shape index (κ1) is 20.6. The fourth-order valence-electron chi connectivity index (χ4n) is 2.70. The van der Waals surface area contributed by atoms with Crippen molar-refractivity contribution in [1.82, 2.24) is 0 Å². The van der Waals surface area contributed by atoms with Gasteiger partial charge in [-0.2, -0.15) is 0 Å². The summed E-state index contributed by atoms with van der Waals surface area (Å²) < 4.78 is 16.6. The number of benzene rings is 2. The van der Waals surface area contributed by atoms with Gasteiger partial charge >= 0.3 is 5.97 Å². The molecule has 3 rings (SSSR count). The van der Waals surface area contributed by atoms with Crippen molar-refractivity contribution in [3.05, 3.63) is 53.6 Å². The number of hydrogen-bond acceptors (Lipinski definition) is 7. The lowest BCUT2D eigenvalue weighted by Crippen LogP contribution is -2.18. The number of esters is 1. The molecule has 0 radical (unpaired) electrons. The van der Waals surface area contributed by atoms with Gasteiger partial charge in [0.15, 0.2) is 23.9 Å². The third kappa shape index (κ3) is 5.23. The Kier molecular flexibility index (Phi) is 7.28. The second-order valence-corrected chi connectivity index (χ2v) is 8.77. The zero-order valence-corrected chi connectivity index (χ0v) is 17.4. The molecule has 28 heavy (non-hydrogen) atoms. The van der Waals surface area contributed by atoms with Crippen LogP contribution in [-0.4, -0.2) is 37.0 Å². The molecule has 0 aliphatic carbocycles. The molecule has 0 aromatic heterocycles. The van der Waals surface area contributed by atoms with Gasteiger partial charge in [0.25, 0.3) is 0 Å². The van der Waals surface area contributed by atoms with Crippen molar-refractivity contribution in [3.63, 3.8) is 0 Å². The number of carbonyl (C=O) groups is 2. The van der Waals surface area contributed by atoms with E-state index in [0.29, 0.717) is 33.8 Å². The molecule has 2 aromatic carbocycles. The Morgan fingerprint density at radius 3 is 2.39 bits per heavy atom. The summed E-state index contributed by atoms with van der Waals surface area (Å²) in [7, 11) is 1.56. The number of rotatable bonds is 8. The molecule has 148 valence electrons. The summed E-state index contributed by atoms with van der Waals surface area (Å²) >= 11 is 3.81. The van der Waals surface area contributed by atoms with Gasteiger partial charge in [-0.3, -0.25) is 4.79 Å². The maximum atomic E-state index is 12.2. The van der Waals surface area contributed by atoms with Crippen LogP contribution < -0.4 is 14.2 Å². The van der Waals surface area contributed by atoms with Crippen LogP contribution in [-0.2, 0) is 4.79 Å². The molecule has 0 saturated carbocycles. The molecule has 5 nitrogen and oxygen atoms in total. The topological polar surface area (TPSA) is 61.8 Å². The lowest BCUT2D eigenvalue weighted by atomic mass is 10.1. The molecule has 1 aliphatic rings. The highest BCUT2D eigenvalue weighted by atomic mass is 32.2. The predicted molar refractivity (Wildman–Crippen MR) is 113 cm³/mol. The summed E-state index contributed by atoms with van der Waals surface area (Å²) in [5, 5.41) is 0. The number of thioether (sulfide) groups is 2. The van der Waals surface area contributed by atoms with Crippen LogP contribution in [0.5, 0.6) is 17.2 Å². The van der Waals surface area contributed by atoms with Crippen LogP contribution in [0.1, 0.15) is 33.8 Å². The minimum atomic E-state index is -0.524. The van der Waals surface area contributed by atoms with E-state index >= 15 is 0 Å². The summed E-state index contributed by atoms with van der Waals surface area (Å²) in [6.07, 6.45) is 0.450. The Balaban J connectivity index is 1.57. The predicted octanol–water partition coefficient (Wildman–Crippen LogP) is 4.75. The van der Waals surface area contributed by atoms with Gasteiger partial charge in [0.2, 0.25) is 0 Å². The van der Waals surface area contributed by atoms with Crippen LogP contribution in [0.3, 0.4) is 0 Å². The quantitative estimate of drug-likeness (QED) is 0.348. The van der Waals surface area contributed by atoms with E-state index in [4.69, 9.17) is 14.2 Å². The minimum Gasteiger partial charge on any atom is -0.493 e. The summed E-state index contributed by atoms with van der Waals surface area (Å²) in [6, 6.07) is 12.4. The first-order chi connectivity index (χ1) is 13.6. The molecular formula is C21H22O5S2. The Labute approximate surface area is 173 Å². The molecule has 0 bridgehead atoms. The second-order valence-electron chi connectivity index (χ2n) is 6.05. The number of methoxy groups -OCH3 is 1. The number of hydrogen-bond donors (Lipinski definition) is 0. The van der Waals surface area contributed by atoms with E-state index in [1.54, 1.807) is 37.4 Å². The smallest absolute Gasteiger partial charge is 0.349 e. The van der Waals surface area contributed by atoms with Gasteiger partial charge in [0.05, 0.1) is 11.7 Å². The zero-order chi connectivity index (χ0) is 19.9. The molecular weight excluding hydrogens is 396 g/mol. The molecule has 0 N–H and O–H groups in total. The fourth-order valence-corrected chi connectivity index (χ4v) is 5.54. The highest BCUT2D eigenvalue weighted by Crippen LogP contribution is 2.46. The van der Waals surface area contributed by atoms with Crippen LogP contribution >= 0.6 is 23.5 Å². The maximum Gasteiger partial charge on any atom is 0.349 e.